The van der Waals surface area contributed by atoms with Crippen LogP contribution in [0.3, 0.4) is 0 Å². The number of hydrogen-bond donors (Lipinski definition) is 2. The van der Waals surface area contributed by atoms with Crippen LogP contribution in [-0.4, -0.2) is 24.5 Å². The van der Waals surface area contributed by atoms with E-state index in [1.807, 2.05) is 48.5 Å². The quantitative estimate of drug-likeness (QED) is 0.726. The highest BCUT2D eigenvalue weighted by atomic mass is 16.5. The van der Waals surface area contributed by atoms with Crippen LogP contribution in [0.2, 0.25) is 0 Å². The molecule has 0 spiro atoms. The second-order valence-electron chi connectivity index (χ2n) is 5.89. The molecule has 0 aliphatic heterocycles. The Morgan fingerprint density at radius 2 is 1.96 bits per heavy atom. The molecule has 1 unspecified atom stereocenters. The van der Waals surface area contributed by atoms with E-state index in [2.05, 4.69) is 10.3 Å². The number of ether oxygens (including phenoxy) is 1. The lowest BCUT2D eigenvalue weighted by atomic mass is 9.97. The number of methoxy groups -OCH3 is 1. The number of nitrogens with two attached hydrogens (primary N) is 1. The predicted molar refractivity (Wildman–Crippen MR) is 99.3 cm³/mol. The number of aromatic nitrogens is 1. The summed E-state index contributed by atoms with van der Waals surface area (Å²) >= 11 is 0. The van der Waals surface area contributed by atoms with E-state index in [1.54, 1.807) is 19.5 Å². The lowest BCUT2D eigenvalue weighted by molar-refractivity contribution is -0.117. The Hall–Kier alpha value is -2.76. The minimum absolute atomic E-state index is 0.115. The van der Waals surface area contributed by atoms with Crippen LogP contribution in [0, 0.1) is 0 Å². The fourth-order valence-corrected chi connectivity index (χ4v) is 2.80. The average molecular weight is 335 g/mol. The van der Waals surface area contributed by atoms with Crippen LogP contribution in [-0.2, 0) is 16.1 Å². The van der Waals surface area contributed by atoms with Crippen molar-refractivity contribution in [2.45, 2.75) is 12.5 Å². The van der Waals surface area contributed by atoms with Crippen LogP contribution < -0.4 is 11.1 Å². The molecule has 1 atom stereocenters. The molecule has 25 heavy (non-hydrogen) atoms. The minimum atomic E-state index is -0.398. The summed E-state index contributed by atoms with van der Waals surface area (Å²) in [7, 11) is 1.66. The Morgan fingerprint density at radius 3 is 2.68 bits per heavy atom. The van der Waals surface area contributed by atoms with Crippen molar-refractivity contribution < 1.29 is 9.53 Å². The Bertz CT molecular complexity index is 862. The normalized spacial score (nSPS) is 12.1. The molecule has 0 saturated carbocycles. The molecule has 0 bridgehead atoms. The van der Waals surface area contributed by atoms with Crippen LogP contribution in [0.5, 0.6) is 0 Å². The molecule has 3 rings (SSSR count). The third kappa shape index (κ3) is 4.02. The minimum Gasteiger partial charge on any atom is -0.380 e. The maximum atomic E-state index is 12.7. The smallest absolute Gasteiger partial charge is 0.233 e. The van der Waals surface area contributed by atoms with Gasteiger partial charge in [0.15, 0.2) is 0 Å². The number of nitrogens with zero attached hydrogens (tertiary/aromatic N) is 1. The van der Waals surface area contributed by atoms with Crippen molar-refractivity contribution in [1.29, 1.82) is 0 Å². The first-order valence-electron chi connectivity index (χ1n) is 8.13. The van der Waals surface area contributed by atoms with Gasteiger partial charge in [-0.2, -0.15) is 0 Å². The van der Waals surface area contributed by atoms with Crippen LogP contribution >= 0.6 is 0 Å². The number of amides is 1. The number of benzene rings is 2. The zero-order valence-electron chi connectivity index (χ0n) is 14.1. The van der Waals surface area contributed by atoms with Crippen LogP contribution in [0.15, 0.2) is 60.9 Å². The molecule has 0 aliphatic rings. The van der Waals surface area contributed by atoms with E-state index in [1.165, 1.54) is 0 Å². The van der Waals surface area contributed by atoms with Gasteiger partial charge in [0.05, 0.1) is 12.5 Å². The van der Waals surface area contributed by atoms with Gasteiger partial charge in [0, 0.05) is 37.1 Å². The van der Waals surface area contributed by atoms with Crippen molar-refractivity contribution in [2.75, 3.05) is 19.0 Å². The summed E-state index contributed by atoms with van der Waals surface area (Å²) in [6, 6.07) is 15.4. The van der Waals surface area contributed by atoms with Crippen molar-refractivity contribution in [2.24, 2.45) is 5.73 Å². The largest absolute Gasteiger partial charge is 0.380 e. The maximum absolute atomic E-state index is 12.7. The highest BCUT2D eigenvalue weighted by Gasteiger charge is 2.19. The first kappa shape index (κ1) is 17.1. The maximum Gasteiger partial charge on any atom is 0.233 e. The van der Waals surface area contributed by atoms with E-state index in [-0.39, 0.29) is 12.5 Å². The number of nitrogens with one attached hydrogen (secondary N) is 1. The number of carbonyl (C=O) groups is 1. The Balaban J connectivity index is 1.76. The van der Waals surface area contributed by atoms with Crippen molar-refractivity contribution in [1.82, 2.24) is 4.98 Å². The van der Waals surface area contributed by atoms with E-state index in [0.717, 1.165) is 27.6 Å². The third-order valence-corrected chi connectivity index (χ3v) is 4.15. The van der Waals surface area contributed by atoms with Crippen LogP contribution in [0.1, 0.15) is 17.0 Å². The van der Waals surface area contributed by atoms with E-state index in [4.69, 9.17) is 10.5 Å². The molecular weight excluding hydrogens is 314 g/mol. The molecule has 1 heterocycles. The topological polar surface area (TPSA) is 77.2 Å². The van der Waals surface area contributed by atoms with Gasteiger partial charge in [0.1, 0.15) is 0 Å². The summed E-state index contributed by atoms with van der Waals surface area (Å²) in [5.41, 5.74) is 8.56. The van der Waals surface area contributed by atoms with Crippen LogP contribution in [0.4, 0.5) is 5.69 Å². The van der Waals surface area contributed by atoms with E-state index in [9.17, 15) is 4.79 Å². The van der Waals surface area contributed by atoms with Gasteiger partial charge in [0.25, 0.3) is 0 Å². The number of rotatable bonds is 6. The van der Waals surface area contributed by atoms with Crippen LogP contribution in [0.25, 0.3) is 10.8 Å². The first-order valence-corrected chi connectivity index (χ1v) is 8.13. The van der Waals surface area contributed by atoms with E-state index < -0.39 is 5.92 Å². The number of anilines is 1. The number of carbonyl (C=O) groups excluding carboxylic acids is 1. The first-order chi connectivity index (χ1) is 12.2. The van der Waals surface area contributed by atoms with E-state index in [0.29, 0.717) is 6.61 Å². The lowest BCUT2D eigenvalue weighted by Crippen LogP contribution is -2.27. The van der Waals surface area contributed by atoms with Gasteiger partial charge in [0.2, 0.25) is 5.91 Å². The second-order valence-corrected chi connectivity index (χ2v) is 5.89. The summed E-state index contributed by atoms with van der Waals surface area (Å²) in [6.07, 6.45) is 3.53. The molecule has 5 heteroatoms. The number of pyridine rings is 1. The van der Waals surface area contributed by atoms with Crippen molar-refractivity contribution >= 4 is 22.4 Å². The molecule has 1 aromatic heterocycles. The molecule has 0 saturated heterocycles. The second kappa shape index (κ2) is 7.88. The van der Waals surface area contributed by atoms with Crippen molar-refractivity contribution in [3.8, 4) is 0 Å². The standard InChI is InChI=1S/C20H21N3O2/c1-25-13-14-2-4-15(5-3-14)19(11-21)20(24)23-18-7-6-17-12-22-9-8-16(17)10-18/h2-10,12,19H,11,13,21H2,1H3,(H,23,24). The van der Waals surface area contributed by atoms with Gasteiger partial charge in [-0.1, -0.05) is 30.3 Å². The highest BCUT2D eigenvalue weighted by Crippen LogP contribution is 2.21. The molecule has 0 aliphatic carbocycles. The molecule has 0 fully saturated rings. The monoisotopic (exact) mass is 335 g/mol. The predicted octanol–water partition coefficient (Wildman–Crippen LogP) is 3.06. The van der Waals surface area contributed by atoms with Crippen molar-refractivity contribution in [3.05, 3.63) is 72.1 Å². The Labute approximate surface area is 146 Å². The zero-order valence-corrected chi connectivity index (χ0v) is 14.1. The summed E-state index contributed by atoms with van der Waals surface area (Å²) in [6.45, 7) is 0.790. The molecule has 0 radical (unpaired) electrons. The Morgan fingerprint density at radius 1 is 1.16 bits per heavy atom. The Kier molecular flexibility index (Phi) is 5.38. The van der Waals surface area contributed by atoms with Gasteiger partial charge in [-0.3, -0.25) is 9.78 Å². The average Bonchev–Trinajstić information content (AvgIpc) is 2.64. The lowest BCUT2D eigenvalue weighted by Gasteiger charge is -2.16. The molecule has 3 aromatic rings. The summed E-state index contributed by atoms with van der Waals surface area (Å²) in [4.78, 5) is 16.8. The molecule has 2 aromatic carbocycles. The van der Waals surface area contributed by atoms with Gasteiger partial charge < -0.3 is 15.8 Å². The number of fused-ring (bicyclic) bond motifs is 1. The van der Waals surface area contributed by atoms with Crippen molar-refractivity contribution in [3.63, 3.8) is 0 Å². The summed E-state index contributed by atoms with van der Waals surface area (Å²) < 4.78 is 5.11. The molecule has 5 nitrogen and oxygen atoms in total. The van der Waals surface area contributed by atoms with E-state index >= 15 is 0 Å². The number of hydrogen-bond acceptors (Lipinski definition) is 4. The fraction of sp³-hybridized carbons (Fsp3) is 0.200. The van der Waals surface area contributed by atoms with Gasteiger partial charge in [-0.05, 0) is 34.7 Å². The SMILES string of the molecule is COCc1ccc(C(CN)C(=O)Nc2ccc3cnccc3c2)cc1. The summed E-state index contributed by atoms with van der Waals surface area (Å²) in [5.74, 6) is -0.514. The zero-order chi connectivity index (χ0) is 17.6. The fourth-order valence-electron chi connectivity index (χ4n) is 2.80. The van der Waals surface area contributed by atoms with Gasteiger partial charge in [-0.25, -0.2) is 0 Å². The van der Waals surface area contributed by atoms with Gasteiger partial charge in [-0.15, -0.1) is 0 Å². The molecule has 3 N–H and O–H groups in total. The summed E-state index contributed by atoms with van der Waals surface area (Å²) in [5, 5.41) is 5.02. The molecular formula is C20H21N3O2. The highest BCUT2D eigenvalue weighted by molar-refractivity contribution is 5.98. The molecule has 128 valence electrons. The third-order valence-electron chi connectivity index (χ3n) is 4.15. The van der Waals surface area contributed by atoms with Gasteiger partial charge >= 0.3 is 0 Å². The molecule has 1 amide bonds.